The fourth-order valence-corrected chi connectivity index (χ4v) is 2.95. The van der Waals surface area contributed by atoms with Crippen molar-refractivity contribution in [3.8, 4) is 0 Å². The lowest BCUT2D eigenvalue weighted by Crippen LogP contribution is -2.45. The zero-order valence-electron chi connectivity index (χ0n) is 13.5. The van der Waals surface area contributed by atoms with E-state index in [2.05, 4.69) is 29.0 Å². The van der Waals surface area contributed by atoms with Crippen LogP contribution >= 0.6 is 11.8 Å². The van der Waals surface area contributed by atoms with E-state index in [0.717, 1.165) is 30.2 Å². The average molecular weight is 323 g/mol. The summed E-state index contributed by atoms with van der Waals surface area (Å²) in [6.45, 7) is 6.43. The first kappa shape index (κ1) is 17.1. The molecule has 1 aromatic rings. The van der Waals surface area contributed by atoms with Crippen LogP contribution in [-0.2, 0) is 16.1 Å². The van der Waals surface area contributed by atoms with E-state index in [9.17, 15) is 4.79 Å². The molecule has 0 aromatic carbocycles. The number of carbonyl (C=O) groups excluding carboxylic acids is 1. The molecule has 5 nitrogen and oxygen atoms in total. The molecule has 2 heterocycles. The van der Waals surface area contributed by atoms with Crippen molar-refractivity contribution in [2.45, 2.75) is 39.0 Å². The zero-order chi connectivity index (χ0) is 15.9. The van der Waals surface area contributed by atoms with Gasteiger partial charge in [-0.05, 0) is 31.7 Å². The van der Waals surface area contributed by atoms with Crippen molar-refractivity contribution in [1.29, 1.82) is 0 Å². The van der Waals surface area contributed by atoms with Crippen molar-refractivity contribution in [2.24, 2.45) is 0 Å². The zero-order valence-corrected chi connectivity index (χ0v) is 14.4. The SMILES string of the molecule is CSCCC(=O)NCc1ccc(N2C[C@@H](C)O[C@@H](C)C2)nc1. The molecule has 1 N–H and O–H groups in total. The lowest BCUT2D eigenvalue weighted by atomic mass is 10.2. The highest BCUT2D eigenvalue weighted by Gasteiger charge is 2.22. The smallest absolute Gasteiger partial charge is 0.221 e. The molecule has 0 unspecified atom stereocenters. The van der Waals surface area contributed by atoms with Crippen molar-refractivity contribution >= 4 is 23.5 Å². The first-order valence-electron chi connectivity index (χ1n) is 7.69. The van der Waals surface area contributed by atoms with Crippen LogP contribution in [0.15, 0.2) is 18.3 Å². The van der Waals surface area contributed by atoms with Crippen LogP contribution in [0.25, 0.3) is 0 Å². The van der Waals surface area contributed by atoms with E-state index in [-0.39, 0.29) is 18.1 Å². The van der Waals surface area contributed by atoms with Gasteiger partial charge in [0.1, 0.15) is 5.82 Å². The molecule has 0 radical (unpaired) electrons. The van der Waals surface area contributed by atoms with E-state index in [1.807, 2.05) is 24.6 Å². The van der Waals surface area contributed by atoms with Gasteiger partial charge < -0.3 is 15.0 Å². The van der Waals surface area contributed by atoms with Crippen molar-refractivity contribution in [3.05, 3.63) is 23.9 Å². The maximum atomic E-state index is 11.6. The molecule has 2 atom stereocenters. The molecule has 122 valence electrons. The summed E-state index contributed by atoms with van der Waals surface area (Å²) in [6.07, 6.45) is 4.86. The van der Waals surface area contributed by atoms with Crippen LogP contribution in [0.5, 0.6) is 0 Å². The lowest BCUT2D eigenvalue weighted by Gasteiger charge is -2.36. The molecule has 22 heavy (non-hydrogen) atoms. The number of nitrogens with one attached hydrogen (secondary N) is 1. The average Bonchev–Trinajstić information content (AvgIpc) is 2.50. The Morgan fingerprint density at radius 1 is 1.41 bits per heavy atom. The standard InChI is InChI=1S/C16H25N3O2S/c1-12-10-19(11-13(2)21-12)15-5-4-14(8-17-15)9-18-16(20)6-7-22-3/h4-5,8,12-13H,6-7,9-11H2,1-3H3,(H,18,20)/t12-,13+. The third kappa shape index (κ3) is 5.18. The van der Waals surface area contributed by atoms with Gasteiger partial charge in [0.05, 0.1) is 12.2 Å². The van der Waals surface area contributed by atoms with Gasteiger partial charge in [0, 0.05) is 38.0 Å². The number of anilines is 1. The van der Waals surface area contributed by atoms with Crippen LogP contribution in [0.2, 0.25) is 0 Å². The van der Waals surface area contributed by atoms with Crippen LogP contribution in [0.3, 0.4) is 0 Å². The van der Waals surface area contributed by atoms with Gasteiger partial charge in [-0.15, -0.1) is 0 Å². The van der Waals surface area contributed by atoms with Crippen LogP contribution in [0, 0.1) is 0 Å². The van der Waals surface area contributed by atoms with Crippen LogP contribution in [-0.4, -0.2) is 48.2 Å². The third-order valence-corrected chi connectivity index (χ3v) is 4.19. The molecule has 2 rings (SSSR count). The first-order valence-corrected chi connectivity index (χ1v) is 9.09. The van der Waals surface area contributed by atoms with Gasteiger partial charge in [0.25, 0.3) is 0 Å². The second-order valence-electron chi connectivity index (χ2n) is 5.71. The predicted molar refractivity (Wildman–Crippen MR) is 91.3 cm³/mol. The van der Waals surface area contributed by atoms with E-state index in [1.165, 1.54) is 0 Å². The van der Waals surface area contributed by atoms with Gasteiger partial charge in [0.2, 0.25) is 5.91 Å². The number of ether oxygens (including phenoxy) is 1. The Morgan fingerprint density at radius 2 is 2.14 bits per heavy atom. The highest BCUT2D eigenvalue weighted by Crippen LogP contribution is 2.18. The Balaban J connectivity index is 1.86. The van der Waals surface area contributed by atoms with Gasteiger partial charge in [-0.1, -0.05) is 6.07 Å². The Bertz CT molecular complexity index is 471. The van der Waals surface area contributed by atoms with Gasteiger partial charge in [-0.2, -0.15) is 11.8 Å². The summed E-state index contributed by atoms with van der Waals surface area (Å²) in [4.78, 5) is 18.4. The normalized spacial score (nSPS) is 21.7. The van der Waals surface area contributed by atoms with Gasteiger partial charge in [-0.25, -0.2) is 4.98 Å². The summed E-state index contributed by atoms with van der Waals surface area (Å²) in [6, 6.07) is 4.05. The fraction of sp³-hybridized carbons (Fsp3) is 0.625. The molecule has 0 bridgehead atoms. The van der Waals surface area contributed by atoms with Gasteiger partial charge in [-0.3, -0.25) is 4.79 Å². The van der Waals surface area contributed by atoms with Gasteiger partial charge >= 0.3 is 0 Å². The minimum absolute atomic E-state index is 0.0919. The maximum absolute atomic E-state index is 11.6. The summed E-state index contributed by atoms with van der Waals surface area (Å²) in [5, 5.41) is 2.92. The van der Waals surface area contributed by atoms with Crippen molar-refractivity contribution in [3.63, 3.8) is 0 Å². The van der Waals surface area contributed by atoms with E-state index in [4.69, 9.17) is 4.74 Å². The molecule has 1 aromatic heterocycles. The second-order valence-corrected chi connectivity index (χ2v) is 6.69. The first-order chi connectivity index (χ1) is 10.6. The number of hydrogen-bond acceptors (Lipinski definition) is 5. The number of pyridine rings is 1. The summed E-state index contributed by atoms with van der Waals surface area (Å²) < 4.78 is 5.74. The Labute approximate surface area is 136 Å². The predicted octanol–water partition coefficient (Wildman–Crippen LogP) is 2.06. The second kappa shape index (κ2) is 8.39. The molecule has 0 saturated carbocycles. The van der Waals surface area contributed by atoms with E-state index >= 15 is 0 Å². The van der Waals surface area contributed by atoms with E-state index in [0.29, 0.717) is 13.0 Å². The third-order valence-electron chi connectivity index (χ3n) is 3.58. The summed E-state index contributed by atoms with van der Waals surface area (Å²) >= 11 is 1.68. The van der Waals surface area contributed by atoms with Crippen LogP contribution in [0.1, 0.15) is 25.8 Å². The minimum atomic E-state index is 0.0919. The number of rotatable bonds is 6. The molecule has 1 saturated heterocycles. The molecular weight excluding hydrogens is 298 g/mol. The molecular formula is C16H25N3O2S. The van der Waals surface area contributed by atoms with Crippen molar-refractivity contribution in [1.82, 2.24) is 10.3 Å². The summed E-state index contributed by atoms with van der Waals surface area (Å²) in [5.74, 6) is 1.92. The molecule has 1 fully saturated rings. The Hall–Kier alpha value is -1.27. The molecule has 1 aliphatic rings. The van der Waals surface area contributed by atoms with Crippen LogP contribution in [0.4, 0.5) is 5.82 Å². The number of amides is 1. The summed E-state index contributed by atoms with van der Waals surface area (Å²) in [7, 11) is 0. The summed E-state index contributed by atoms with van der Waals surface area (Å²) in [5.41, 5.74) is 1.02. The largest absolute Gasteiger partial charge is 0.372 e. The molecule has 0 aliphatic carbocycles. The molecule has 1 amide bonds. The number of hydrogen-bond donors (Lipinski definition) is 1. The Kier molecular flexibility index (Phi) is 6.51. The molecule has 6 heteroatoms. The number of carbonyl (C=O) groups is 1. The maximum Gasteiger partial charge on any atom is 0.221 e. The Morgan fingerprint density at radius 3 is 2.73 bits per heavy atom. The number of aromatic nitrogens is 1. The van der Waals surface area contributed by atoms with E-state index in [1.54, 1.807) is 11.8 Å². The lowest BCUT2D eigenvalue weighted by molar-refractivity contribution is -0.120. The highest BCUT2D eigenvalue weighted by atomic mass is 32.2. The topological polar surface area (TPSA) is 54.5 Å². The van der Waals surface area contributed by atoms with Crippen molar-refractivity contribution < 1.29 is 9.53 Å². The number of morpholine rings is 1. The quantitative estimate of drug-likeness (QED) is 0.868. The minimum Gasteiger partial charge on any atom is -0.372 e. The monoisotopic (exact) mass is 323 g/mol. The van der Waals surface area contributed by atoms with Gasteiger partial charge in [0.15, 0.2) is 0 Å². The van der Waals surface area contributed by atoms with Crippen molar-refractivity contribution in [2.75, 3.05) is 30.0 Å². The van der Waals surface area contributed by atoms with E-state index < -0.39 is 0 Å². The number of thioether (sulfide) groups is 1. The fourth-order valence-electron chi connectivity index (χ4n) is 2.56. The molecule has 1 aliphatic heterocycles. The van der Waals surface area contributed by atoms with Crippen LogP contribution < -0.4 is 10.2 Å². The highest BCUT2D eigenvalue weighted by molar-refractivity contribution is 7.98. The number of nitrogens with zero attached hydrogens (tertiary/aromatic N) is 2. The molecule has 0 spiro atoms.